The molecule has 4 nitrogen and oxygen atoms in total. The fraction of sp³-hybridized carbons (Fsp3) is 0.412. The average molecular weight is 395 g/mol. The zero-order valence-electron chi connectivity index (χ0n) is 13.0. The summed E-state index contributed by atoms with van der Waals surface area (Å²) in [5.74, 6) is -0.102. The number of amides is 1. The molecule has 23 heavy (non-hydrogen) atoms. The molecule has 0 bridgehead atoms. The van der Waals surface area contributed by atoms with Crippen molar-refractivity contribution in [3.63, 3.8) is 0 Å². The van der Waals surface area contributed by atoms with Crippen molar-refractivity contribution >= 4 is 33.2 Å². The van der Waals surface area contributed by atoms with E-state index in [0.29, 0.717) is 6.54 Å². The third-order valence-electron chi connectivity index (χ3n) is 4.65. The van der Waals surface area contributed by atoms with Gasteiger partial charge in [0, 0.05) is 27.5 Å². The molecular weight excluding hydrogens is 376 g/mol. The first kappa shape index (κ1) is 16.5. The predicted octanol–water partition coefficient (Wildman–Crippen LogP) is 3.22. The van der Waals surface area contributed by atoms with Crippen molar-refractivity contribution in [1.29, 1.82) is 0 Å². The molecular formula is C17H19BrN2O2S. The van der Waals surface area contributed by atoms with Gasteiger partial charge < -0.3 is 5.32 Å². The molecule has 0 saturated heterocycles. The number of benzene rings is 1. The Bertz CT molecular complexity index is 777. The summed E-state index contributed by atoms with van der Waals surface area (Å²) in [7, 11) is 0. The van der Waals surface area contributed by atoms with E-state index in [1.165, 1.54) is 16.6 Å². The van der Waals surface area contributed by atoms with Crippen LogP contribution in [-0.4, -0.2) is 17.0 Å². The lowest BCUT2D eigenvalue weighted by Gasteiger charge is -2.42. The highest BCUT2D eigenvalue weighted by Gasteiger charge is 2.38. The largest absolute Gasteiger partial charge is 0.354 e. The maximum Gasteiger partial charge on any atom is 0.307 e. The van der Waals surface area contributed by atoms with E-state index in [9.17, 15) is 9.59 Å². The van der Waals surface area contributed by atoms with Crippen LogP contribution in [0.5, 0.6) is 0 Å². The Labute approximate surface area is 147 Å². The number of nitrogens with zero attached hydrogens (tertiary/aromatic N) is 1. The quantitative estimate of drug-likeness (QED) is 0.845. The minimum atomic E-state index is -0.102. The first-order chi connectivity index (χ1) is 11.0. The van der Waals surface area contributed by atoms with Gasteiger partial charge in [-0.2, -0.15) is 0 Å². The molecule has 1 heterocycles. The number of rotatable bonds is 5. The molecule has 1 amide bonds. The van der Waals surface area contributed by atoms with E-state index in [1.807, 2.05) is 19.1 Å². The number of nitrogens with one attached hydrogen (secondary N) is 1. The van der Waals surface area contributed by atoms with Crippen molar-refractivity contribution < 1.29 is 4.79 Å². The van der Waals surface area contributed by atoms with E-state index in [4.69, 9.17) is 0 Å². The van der Waals surface area contributed by atoms with Gasteiger partial charge in [0.05, 0.1) is 0 Å². The molecule has 122 valence electrons. The molecule has 0 spiro atoms. The number of aryl methyl sites for hydroxylation is 1. The standard InChI is InChI=1S/C17H19BrN2O2S/c1-12-10-23-16(22)20(12)9-15(21)19-11-17(6-3-7-17)13-4-2-5-14(18)8-13/h2,4-5,8,10H,3,6-7,9,11H2,1H3,(H,19,21). The highest BCUT2D eigenvalue weighted by molar-refractivity contribution is 9.10. The van der Waals surface area contributed by atoms with Gasteiger partial charge in [0.1, 0.15) is 6.54 Å². The van der Waals surface area contributed by atoms with Crippen molar-refractivity contribution in [2.24, 2.45) is 0 Å². The molecule has 1 saturated carbocycles. The Balaban J connectivity index is 1.67. The molecule has 1 aliphatic rings. The molecule has 1 aromatic carbocycles. The molecule has 0 atom stereocenters. The van der Waals surface area contributed by atoms with Crippen molar-refractivity contribution in [2.45, 2.75) is 38.1 Å². The molecule has 0 unspecified atom stereocenters. The summed E-state index contributed by atoms with van der Waals surface area (Å²) in [5, 5.41) is 4.81. The van der Waals surface area contributed by atoms with Crippen molar-refractivity contribution in [3.8, 4) is 0 Å². The molecule has 3 rings (SSSR count). The summed E-state index contributed by atoms with van der Waals surface area (Å²) in [5.41, 5.74) is 2.14. The van der Waals surface area contributed by atoms with Crippen LogP contribution in [0.1, 0.15) is 30.5 Å². The molecule has 6 heteroatoms. The zero-order chi connectivity index (χ0) is 16.4. The van der Waals surface area contributed by atoms with E-state index >= 15 is 0 Å². The second kappa shape index (κ2) is 6.61. The molecule has 1 N–H and O–H groups in total. The monoisotopic (exact) mass is 394 g/mol. The fourth-order valence-electron chi connectivity index (χ4n) is 3.05. The Hall–Kier alpha value is -1.40. The average Bonchev–Trinajstić information content (AvgIpc) is 2.78. The highest BCUT2D eigenvalue weighted by atomic mass is 79.9. The smallest absolute Gasteiger partial charge is 0.307 e. The predicted molar refractivity (Wildman–Crippen MR) is 96.0 cm³/mol. The maximum atomic E-state index is 12.2. The van der Waals surface area contributed by atoms with Gasteiger partial charge in [-0.3, -0.25) is 14.2 Å². The van der Waals surface area contributed by atoms with Gasteiger partial charge in [-0.15, -0.1) is 0 Å². The molecule has 0 aliphatic heterocycles. The first-order valence-corrected chi connectivity index (χ1v) is 9.35. The van der Waals surface area contributed by atoms with Gasteiger partial charge in [-0.05, 0) is 37.5 Å². The summed E-state index contributed by atoms with van der Waals surface area (Å²) >= 11 is 4.65. The van der Waals surface area contributed by atoms with Crippen LogP contribution in [0.2, 0.25) is 0 Å². The molecule has 1 aromatic heterocycles. The SMILES string of the molecule is Cc1csc(=O)n1CC(=O)NCC1(c2cccc(Br)c2)CCC1. The second-order valence-electron chi connectivity index (χ2n) is 6.15. The van der Waals surface area contributed by atoms with Gasteiger partial charge in [-0.25, -0.2) is 0 Å². The maximum absolute atomic E-state index is 12.2. The van der Waals surface area contributed by atoms with Crippen LogP contribution in [-0.2, 0) is 16.8 Å². The summed E-state index contributed by atoms with van der Waals surface area (Å²) < 4.78 is 2.58. The van der Waals surface area contributed by atoms with Crippen LogP contribution < -0.4 is 10.2 Å². The summed E-state index contributed by atoms with van der Waals surface area (Å²) in [6.07, 6.45) is 3.35. The number of carbonyl (C=O) groups is 1. The van der Waals surface area contributed by atoms with Gasteiger partial charge in [0.25, 0.3) is 0 Å². The van der Waals surface area contributed by atoms with Crippen LogP contribution in [0, 0.1) is 6.92 Å². The van der Waals surface area contributed by atoms with Crippen LogP contribution in [0.25, 0.3) is 0 Å². The van der Waals surface area contributed by atoms with Crippen molar-refractivity contribution in [3.05, 3.63) is 55.0 Å². The van der Waals surface area contributed by atoms with Gasteiger partial charge in [0.15, 0.2) is 0 Å². The molecule has 1 fully saturated rings. The van der Waals surface area contributed by atoms with Gasteiger partial charge in [0.2, 0.25) is 5.91 Å². The second-order valence-corrected chi connectivity index (χ2v) is 7.89. The number of hydrogen-bond acceptors (Lipinski definition) is 3. The minimum Gasteiger partial charge on any atom is -0.354 e. The summed E-state index contributed by atoms with van der Waals surface area (Å²) in [6, 6.07) is 8.32. The van der Waals surface area contributed by atoms with Gasteiger partial charge >= 0.3 is 4.87 Å². The van der Waals surface area contributed by atoms with E-state index in [0.717, 1.165) is 34.3 Å². The Morgan fingerprint density at radius 2 is 2.22 bits per heavy atom. The Morgan fingerprint density at radius 1 is 1.43 bits per heavy atom. The number of hydrogen-bond donors (Lipinski definition) is 1. The normalized spacial score (nSPS) is 15.9. The van der Waals surface area contributed by atoms with Crippen LogP contribution >= 0.6 is 27.3 Å². The molecule has 0 radical (unpaired) electrons. The van der Waals surface area contributed by atoms with Crippen LogP contribution in [0.15, 0.2) is 38.9 Å². The van der Waals surface area contributed by atoms with E-state index in [-0.39, 0.29) is 22.7 Å². The van der Waals surface area contributed by atoms with Crippen molar-refractivity contribution in [2.75, 3.05) is 6.54 Å². The van der Waals surface area contributed by atoms with Crippen LogP contribution in [0.4, 0.5) is 0 Å². The van der Waals surface area contributed by atoms with E-state index in [1.54, 1.807) is 5.38 Å². The lowest BCUT2D eigenvalue weighted by Crippen LogP contribution is -2.46. The number of aromatic nitrogens is 1. The third kappa shape index (κ3) is 3.43. The van der Waals surface area contributed by atoms with Gasteiger partial charge in [-0.1, -0.05) is 45.8 Å². The number of carbonyl (C=O) groups excluding carboxylic acids is 1. The Kier molecular flexibility index (Phi) is 4.73. The highest BCUT2D eigenvalue weighted by Crippen LogP contribution is 2.43. The molecule has 1 aliphatic carbocycles. The number of halogens is 1. The summed E-state index contributed by atoms with van der Waals surface area (Å²) in [4.78, 5) is 23.8. The van der Waals surface area contributed by atoms with E-state index in [2.05, 4.69) is 33.4 Å². The zero-order valence-corrected chi connectivity index (χ0v) is 15.4. The lowest BCUT2D eigenvalue weighted by molar-refractivity contribution is -0.122. The Morgan fingerprint density at radius 3 is 2.78 bits per heavy atom. The minimum absolute atomic E-state index is 0.0358. The topological polar surface area (TPSA) is 51.1 Å². The molecule has 2 aromatic rings. The third-order valence-corrected chi connectivity index (χ3v) is 6.02. The van der Waals surface area contributed by atoms with E-state index < -0.39 is 0 Å². The fourth-order valence-corrected chi connectivity index (χ4v) is 4.19. The number of thiazole rings is 1. The summed E-state index contributed by atoms with van der Waals surface area (Å²) in [6.45, 7) is 2.57. The van der Waals surface area contributed by atoms with Crippen LogP contribution in [0.3, 0.4) is 0 Å². The first-order valence-electron chi connectivity index (χ1n) is 7.68. The van der Waals surface area contributed by atoms with Crippen molar-refractivity contribution in [1.82, 2.24) is 9.88 Å². The lowest BCUT2D eigenvalue weighted by atomic mass is 9.64.